The van der Waals surface area contributed by atoms with Crippen LogP contribution in [0.15, 0.2) is 0 Å². The van der Waals surface area contributed by atoms with E-state index in [-0.39, 0.29) is 34.5 Å². The fourth-order valence-corrected chi connectivity index (χ4v) is 3.74. The Hall–Kier alpha value is -0.580. The monoisotopic (exact) mass is 303 g/mol. The van der Waals surface area contributed by atoms with Gasteiger partial charge in [-0.3, -0.25) is 9.52 Å². The minimum Gasteiger partial charge on any atom is -0.274 e. The molecule has 1 aliphatic carbocycles. The van der Waals surface area contributed by atoms with Gasteiger partial charge in [-0.1, -0.05) is 48.5 Å². The molecule has 0 bridgehead atoms. The zero-order chi connectivity index (χ0) is 16.1. The molecule has 1 aliphatic rings. The maximum absolute atomic E-state index is 12.2. The Kier molecular flexibility index (Phi) is 4.37. The summed E-state index contributed by atoms with van der Waals surface area (Å²) in [6, 6.07) is 0. The van der Waals surface area contributed by atoms with Crippen LogP contribution in [0.25, 0.3) is 0 Å². The molecule has 0 radical (unpaired) electrons. The van der Waals surface area contributed by atoms with E-state index >= 15 is 0 Å². The standard InChI is InChI=1S/C15H29NO3S/c1-9(14(2,3)4)10-11(12(10)15(5,6)7)13(17)16-20(8,18)19/h9-12H,1-8H3,(H,16,17). The second-order valence-corrected chi connectivity index (χ2v) is 10.1. The van der Waals surface area contributed by atoms with Crippen molar-refractivity contribution in [3.63, 3.8) is 0 Å². The Morgan fingerprint density at radius 1 is 1.10 bits per heavy atom. The van der Waals surface area contributed by atoms with Gasteiger partial charge in [-0.25, -0.2) is 8.42 Å². The molecular formula is C15H29NO3S. The molecule has 0 aromatic carbocycles. The van der Waals surface area contributed by atoms with Gasteiger partial charge in [0.25, 0.3) is 0 Å². The Morgan fingerprint density at radius 2 is 1.55 bits per heavy atom. The van der Waals surface area contributed by atoms with Crippen LogP contribution in [0.3, 0.4) is 0 Å². The molecule has 20 heavy (non-hydrogen) atoms. The van der Waals surface area contributed by atoms with E-state index in [0.29, 0.717) is 5.92 Å². The normalized spacial score (nSPS) is 28.9. The Labute approximate surface area is 123 Å². The summed E-state index contributed by atoms with van der Waals surface area (Å²) in [5, 5.41) is 0. The third kappa shape index (κ3) is 3.96. The van der Waals surface area contributed by atoms with E-state index in [1.54, 1.807) is 0 Å². The summed E-state index contributed by atoms with van der Waals surface area (Å²) in [6.07, 6.45) is 1.03. The predicted octanol–water partition coefficient (Wildman–Crippen LogP) is 2.65. The molecule has 118 valence electrons. The average molecular weight is 303 g/mol. The van der Waals surface area contributed by atoms with Gasteiger partial charge < -0.3 is 0 Å². The third-order valence-electron chi connectivity index (χ3n) is 4.61. The number of sulfonamides is 1. The number of hydrogen-bond acceptors (Lipinski definition) is 3. The fourth-order valence-electron chi connectivity index (χ4n) is 3.24. The van der Waals surface area contributed by atoms with Crippen LogP contribution in [0.2, 0.25) is 0 Å². The average Bonchev–Trinajstić information content (AvgIpc) is 2.85. The Balaban J connectivity index is 2.97. The highest BCUT2D eigenvalue weighted by atomic mass is 32.2. The van der Waals surface area contributed by atoms with E-state index in [1.807, 2.05) is 0 Å². The number of carbonyl (C=O) groups excluding carboxylic acids is 1. The second-order valence-electron chi connectivity index (χ2n) is 8.39. The summed E-state index contributed by atoms with van der Waals surface area (Å²) in [7, 11) is -3.48. The molecule has 0 aromatic rings. The molecule has 4 unspecified atom stereocenters. The van der Waals surface area contributed by atoms with Gasteiger partial charge >= 0.3 is 0 Å². The van der Waals surface area contributed by atoms with Crippen LogP contribution < -0.4 is 4.72 Å². The van der Waals surface area contributed by atoms with Crippen molar-refractivity contribution in [1.82, 2.24) is 4.72 Å². The van der Waals surface area contributed by atoms with Crippen LogP contribution in [0.1, 0.15) is 48.5 Å². The summed E-state index contributed by atoms with van der Waals surface area (Å²) < 4.78 is 24.7. The van der Waals surface area contributed by atoms with E-state index in [4.69, 9.17) is 0 Å². The molecular weight excluding hydrogens is 274 g/mol. The molecule has 0 aromatic heterocycles. The van der Waals surface area contributed by atoms with Crippen molar-refractivity contribution in [3.05, 3.63) is 0 Å². The van der Waals surface area contributed by atoms with Gasteiger partial charge in [0.05, 0.1) is 6.26 Å². The SMILES string of the molecule is CC(C1C(C(=O)NS(C)(=O)=O)C1C(C)(C)C)C(C)(C)C. The van der Waals surface area contributed by atoms with Gasteiger partial charge in [-0.05, 0) is 28.6 Å². The highest BCUT2D eigenvalue weighted by molar-refractivity contribution is 7.89. The zero-order valence-corrected chi connectivity index (χ0v) is 14.8. The lowest BCUT2D eigenvalue weighted by molar-refractivity contribution is -0.121. The molecule has 0 aliphatic heterocycles. The van der Waals surface area contributed by atoms with E-state index in [9.17, 15) is 13.2 Å². The molecule has 1 fully saturated rings. The number of carbonyl (C=O) groups is 1. The molecule has 0 saturated heterocycles. The second kappa shape index (κ2) is 5.00. The van der Waals surface area contributed by atoms with Crippen molar-refractivity contribution in [2.75, 3.05) is 6.26 Å². The fraction of sp³-hybridized carbons (Fsp3) is 0.933. The van der Waals surface area contributed by atoms with Crippen molar-refractivity contribution in [2.24, 2.45) is 34.5 Å². The summed E-state index contributed by atoms with van der Waals surface area (Å²) in [5.41, 5.74) is 0.109. The molecule has 1 rings (SSSR count). The van der Waals surface area contributed by atoms with Crippen molar-refractivity contribution < 1.29 is 13.2 Å². The zero-order valence-electron chi connectivity index (χ0n) is 13.9. The van der Waals surface area contributed by atoms with Gasteiger partial charge in [0, 0.05) is 5.92 Å². The number of amides is 1. The van der Waals surface area contributed by atoms with Crippen LogP contribution in [0.4, 0.5) is 0 Å². The van der Waals surface area contributed by atoms with Crippen molar-refractivity contribution in [2.45, 2.75) is 48.5 Å². The Bertz CT molecular complexity index is 482. The molecule has 0 spiro atoms. The van der Waals surface area contributed by atoms with Gasteiger partial charge in [-0.2, -0.15) is 0 Å². The number of hydrogen-bond donors (Lipinski definition) is 1. The first-order valence-corrected chi connectivity index (χ1v) is 9.07. The minimum atomic E-state index is -3.48. The molecule has 0 heterocycles. The van der Waals surface area contributed by atoms with Crippen LogP contribution in [0, 0.1) is 34.5 Å². The van der Waals surface area contributed by atoms with Crippen molar-refractivity contribution >= 4 is 15.9 Å². The van der Waals surface area contributed by atoms with E-state index < -0.39 is 10.0 Å². The van der Waals surface area contributed by atoms with E-state index in [2.05, 4.69) is 53.2 Å². The molecule has 1 N–H and O–H groups in total. The quantitative estimate of drug-likeness (QED) is 0.872. The summed E-state index contributed by atoms with van der Waals surface area (Å²) in [6.45, 7) is 15.0. The third-order valence-corrected chi connectivity index (χ3v) is 5.18. The van der Waals surface area contributed by atoms with Gasteiger partial charge in [0.1, 0.15) is 0 Å². The minimum absolute atomic E-state index is 0.00366. The predicted molar refractivity (Wildman–Crippen MR) is 81.5 cm³/mol. The molecule has 4 nitrogen and oxygen atoms in total. The first kappa shape index (κ1) is 17.5. The summed E-state index contributed by atoms with van der Waals surface area (Å²) >= 11 is 0. The topological polar surface area (TPSA) is 63.2 Å². The highest BCUT2D eigenvalue weighted by Crippen LogP contribution is 2.62. The van der Waals surface area contributed by atoms with E-state index in [1.165, 1.54) is 0 Å². The first-order valence-electron chi connectivity index (χ1n) is 7.18. The van der Waals surface area contributed by atoms with E-state index in [0.717, 1.165) is 6.26 Å². The molecule has 5 heteroatoms. The molecule has 4 atom stereocenters. The lowest BCUT2D eigenvalue weighted by Gasteiger charge is -2.29. The van der Waals surface area contributed by atoms with Crippen LogP contribution in [0.5, 0.6) is 0 Å². The van der Waals surface area contributed by atoms with Gasteiger partial charge in [0.15, 0.2) is 0 Å². The molecule has 1 saturated carbocycles. The smallest absolute Gasteiger partial charge is 0.237 e. The highest BCUT2D eigenvalue weighted by Gasteiger charge is 2.62. The van der Waals surface area contributed by atoms with Crippen LogP contribution >= 0.6 is 0 Å². The van der Waals surface area contributed by atoms with Crippen molar-refractivity contribution in [1.29, 1.82) is 0 Å². The number of rotatable bonds is 3. The summed E-state index contributed by atoms with van der Waals surface area (Å²) in [4.78, 5) is 12.2. The van der Waals surface area contributed by atoms with Crippen LogP contribution in [-0.2, 0) is 14.8 Å². The maximum Gasteiger partial charge on any atom is 0.237 e. The van der Waals surface area contributed by atoms with Gasteiger partial charge in [0.2, 0.25) is 15.9 Å². The maximum atomic E-state index is 12.2. The van der Waals surface area contributed by atoms with Crippen LogP contribution in [-0.4, -0.2) is 20.6 Å². The van der Waals surface area contributed by atoms with Gasteiger partial charge in [-0.15, -0.1) is 0 Å². The number of nitrogens with one attached hydrogen (secondary N) is 1. The largest absolute Gasteiger partial charge is 0.274 e. The lowest BCUT2D eigenvalue weighted by Crippen LogP contribution is -2.32. The lowest BCUT2D eigenvalue weighted by atomic mass is 9.76. The molecule has 1 amide bonds. The first-order chi connectivity index (χ1) is 8.66. The van der Waals surface area contributed by atoms with Crippen molar-refractivity contribution in [3.8, 4) is 0 Å². The Morgan fingerprint density at radius 3 is 1.85 bits per heavy atom. The summed E-state index contributed by atoms with van der Waals surface area (Å²) in [5.74, 6) is 0.310.